The molecular weight excluding hydrogens is 450 g/mol. The molecule has 0 unspecified atom stereocenters. The molecule has 6 heteroatoms. The third-order valence-corrected chi connectivity index (χ3v) is 6.15. The van der Waals surface area contributed by atoms with Crippen molar-refractivity contribution >= 4 is 16.9 Å². The van der Waals surface area contributed by atoms with E-state index in [-0.39, 0.29) is 5.91 Å². The second-order valence-electron chi connectivity index (χ2n) is 8.67. The highest BCUT2D eigenvalue weighted by molar-refractivity contribution is 5.95. The highest BCUT2D eigenvalue weighted by atomic mass is 16.5. The van der Waals surface area contributed by atoms with Gasteiger partial charge in [-0.2, -0.15) is 0 Å². The van der Waals surface area contributed by atoms with E-state index in [0.717, 1.165) is 58.9 Å². The van der Waals surface area contributed by atoms with E-state index in [2.05, 4.69) is 22.5 Å². The van der Waals surface area contributed by atoms with Crippen LogP contribution in [0.1, 0.15) is 33.7 Å². The zero-order valence-electron chi connectivity index (χ0n) is 21.0. The number of aryl methyl sites for hydroxylation is 2. The predicted molar refractivity (Wildman–Crippen MR) is 144 cm³/mol. The van der Waals surface area contributed by atoms with Crippen molar-refractivity contribution in [1.82, 2.24) is 14.9 Å². The Morgan fingerprint density at radius 2 is 1.89 bits per heavy atom. The van der Waals surface area contributed by atoms with Crippen LogP contribution in [-0.4, -0.2) is 35.7 Å². The molecular formula is C30H33N3O3. The van der Waals surface area contributed by atoms with Gasteiger partial charge in [0.05, 0.1) is 24.8 Å². The van der Waals surface area contributed by atoms with Gasteiger partial charge in [0.1, 0.15) is 5.82 Å². The lowest BCUT2D eigenvalue weighted by Crippen LogP contribution is -2.27. The van der Waals surface area contributed by atoms with Gasteiger partial charge in [-0.3, -0.25) is 4.79 Å². The molecule has 0 saturated carbocycles. The Morgan fingerprint density at radius 1 is 1.08 bits per heavy atom. The van der Waals surface area contributed by atoms with E-state index in [4.69, 9.17) is 14.5 Å². The van der Waals surface area contributed by atoms with Crippen LogP contribution in [0.15, 0.2) is 79.4 Å². The number of nitrogens with zero attached hydrogens (tertiary/aromatic N) is 2. The van der Waals surface area contributed by atoms with Gasteiger partial charge >= 0.3 is 0 Å². The number of imidazole rings is 1. The van der Waals surface area contributed by atoms with Gasteiger partial charge in [0.25, 0.3) is 5.91 Å². The van der Waals surface area contributed by atoms with Gasteiger partial charge < -0.3 is 19.4 Å². The van der Waals surface area contributed by atoms with Crippen LogP contribution >= 0.6 is 0 Å². The van der Waals surface area contributed by atoms with Crippen LogP contribution in [0.4, 0.5) is 0 Å². The Labute approximate surface area is 212 Å². The number of para-hydroxylation sites is 2. The summed E-state index contributed by atoms with van der Waals surface area (Å²) in [6.07, 6.45) is 4.11. The maximum absolute atomic E-state index is 12.6. The summed E-state index contributed by atoms with van der Waals surface area (Å²) in [6.45, 7) is 7.56. The Balaban J connectivity index is 1.38. The molecule has 6 nitrogen and oxygen atoms in total. The number of benzene rings is 3. The topological polar surface area (TPSA) is 65.4 Å². The average Bonchev–Trinajstić information content (AvgIpc) is 3.24. The molecule has 1 heterocycles. The number of fused-ring (bicyclic) bond motifs is 1. The number of amides is 1. The molecule has 0 fully saturated rings. The smallest absolute Gasteiger partial charge is 0.251 e. The monoisotopic (exact) mass is 483 g/mol. The van der Waals surface area contributed by atoms with Crippen LogP contribution in [0.5, 0.6) is 11.5 Å². The van der Waals surface area contributed by atoms with Gasteiger partial charge in [-0.25, -0.2) is 4.98 Å². The number of hydrogen-bond donors (Lipinski definition) is 1. The Bertz CT molecular complexity index is 1340. The summed E-state index contributed by atoms with van der Waals surface area (Å²) >= 11 is 0. The average molecular weight is 484 g/mol. The molecule has 4 rings (SSSR count). The number of carbonyl (C=O) groups is 1. The van der Waals surface area contributed by atoms with Crippen LogP contribution in [0.2, 0.25) is 0 Å². The summed E-state index contributed by atoms with van der Waals surface area (Å²) in [7, 11) is 1.65. The number of aromatic nitrogens is 2. The molecule has 0 radical (unpaired) electrons. The van der Waals surface area contributed by atoms with E-state index in [1.165, 1.54) is 0 Å². The number of hydrogen-bond acceptors (Lipinski definition) is 4. The van der Waals surface area contributed by atoms with E-state index in [9.17, 15) is 4.79 Å². The highest BCUT2D eigenvalue weighted by Crippen LogP contribution is 2.28. The first-order valence-electron chi connectivity index (χ1n) is 12.3. The van der Waals surface area contributed by atoms with Crippen molar-refractivity contribution in [1.29, 1.82) is 0 Å². The molecule has 4 aromatic rings. The standard InChI is InChI=1S/C30H33N3O3/c1-4-10-23-15-16-27(28(21-23)35-3)36-20-9-19-33-26-14-8-7-13-25(26)32-29(33)17-18-31-30(34)24-12-6-5-11-22(24)2/h4-8,11-16,21H,1,9-10,17-20H2,2-3H3,(H,31,34). The Hall–Kier alpha value is -4.06. The Morgan fingerprint density at radius 3 is 2.69 bits per heavy atom. The number of rotatable bonds is 12. The lowest BCUT2D eigenvalue weighted by molar-refractivity contribution is 0.0953. The van der Waals surface area contributed by atoms with E-state index in [0.29, 0.717) is 25.1 Å². The maximum atomic E-state index is 12.6. The minimum atomic E-state index is -0.0581. The third-order valence-electron chi connectivity index (χ3n) is 6.15. The summed E-state index contributed by atoms with van der Waals surface area (Å²) in [6, 6.07) is 21.7. The molecule has 1 amide bonds. The molecule has 1 aromatic heterocycles. The predicted octanol–water partition coefficient (Wildman–Crippen LogP) is 5.52. The largest absolute Gasteiger partial charge is 0.493 e. The fraction of sp³-hybridized carbons (Fsp3) is 0.267. The van der Waals surface area contributed by atoms with Crippen molar-refractivity contribution in [3.05, 3.63) is 102 Å². The number of allylic oxidation sites excluding steroid dienone is 1. The van der Waals surface area contributed by atoms with Gasteiger partial charge in [0.2, 0.25) is 0 Å². The fourth-order valence-electron chi connectivity index (χ4n) is 4.31. The van der Waals surface area contributed by atoms with Gasteiger partial charge in [-0.15, -0.1) is 6.58 Å². The SMILES string of the molecule is C=CCc1ccc(OCCCn2c(CCNC(=O)c3ccccc3C)nc3ccccc32)c(OC)c1. The maximum Gasteiger partial charge on any atom is 0.251 e. The van der Waals surface area contributed by atoms with Gasteiger partial charge in [0.15, 0.2) is 11.5 Å². The van der Waals surface area contributed by atoms with Crippen molar-refractivity contribution < 1.29 is 14.3 Å². The lowest BCUT2D eigenvalue weighted by atomic mass is 10.1. The zero-order valence-corrected chi connectivity index (χ0v) is 21.0. The zero-order chi connectivity index (χ0) is 25.3. The van der Waals surface area contributed by atoms with E-state index >= 15 is 0 Å². The first-order chi connectivity index (χ1) is 17.6. The summed E-state index contributed by atoms with van der Waals surface area (Å²) < 4.78 is 13.8. The van der Waals surface area contributed by atoms with Crippen molar-refractivity contribution in [2.75, 3.05) is 20.3 Å². The number of methoxy groups -OCH3 is 1. The molecule has 0 bridgehead atoms. The second-order valence-corrected chi connectivity index (χ2v) is 8.67. The molecule has 0 saturated heterocycles. The quantitative estimate of drug-likeness (QED) is 0.213. The molecule has 186 valence electrons. The van der Waals surface area contributed by atoms with Crippen LogP contribution < -0.4 is 14.8 Å². The molecule has 0 aliphatic rings. The van der Waals surface area contributed by atoms with Gasteiger partial charge in [-0.1, -0.05) is 42.5 Å². The molecule has 0 spiro atoms. The van der Waals surface area contributed by atoms with E-state index in [1.807, 2.05) is 73.7 Å². The molecule has 0 atom stereocenters. The molecule has 0 aliphatic carbocycles. The number of carbonyl (C=O) groups excluding carboxylic acids is 1. The number of ether oxygens (including phenoxy) is 2. The third kappa shape index (κ3) is 5.95. The van der Waals surface area contributed by atoms with Crippen molar-refractivity contribution in [3.63, 3.8) is 0 Å². The normalized spacial score (nSPS) is 10.8. The van der Waals surface area contributed by atoms with Gasteiger partial charge in [0, 0.05) is 25.1 Å². The van der Waals surface area contributed by atoms with E-state index in [1.54, 1.807) is 7.11 Å². The van der Waals surface area contributed by atoms with Crippen LogP contribution in [0, 0.1) is 6.92 Å². The first-order valence-corrected chi connectivity index (χ1v) is 12.3. The molecule has 36 heavy (non-hydrogen) atoms. The van der Waals surface area contributed by atoms with Crippen molar-refractivity contribution in [2.24, 2.45) is 0 Å². The van der Waals surface area contributed by atoms with E-state index < -0.39 is 0 Å². The van der Waals surface area contributed by atoms with Crippen molar-refractivity contribution in [3.8, 4) is 11.5 Å². The van der Waals surface area contributed by atoms with Gasteiger partial charge in [-0.05, 0) is 61.2 Å². The first kappa shape index (κ1) is 25.0. The summed E-state index contributed by atoms with van der Waals surface area (Å²) in [4.78, 5) is 17.4. The fourth-order valence-corrected chi connectivity index (χ4v) is 4.31. The molecule has 3 aromatic carbocycles. The summed E-state index contributed by atoms with van der Waals surface area (Å²) in [5, 5.41) is 3.04. The molecule has 0 aliphatic heterocycles. The number of nitrogens with one attached hydrogen (secondary N) is 1. The summed E-state index contributed by atoms with van der Waals surface area (Å²) in [5.41, 5.74) is 4.85. The van der Waals surface area contributed by atoms with Crippen LogP contribution in [0.25, 0.3) is 11.0 Å². The second kappa shape index (κ2) is 12.1. The van der Waals surface area contributed by atoms with Crippen LogP contribution in [-0.2, 0) is 19.4 Å². The minimum absolute atomic E-state index is 0.0581. The highest BCUT2D eigenvalue weighted by Gasteiger charge is 2.13. The van der Waals surface area contributed by atoms with Crippen molar-refractivity contribution in [2.45, 2.75) is 32.7 Å². The Kier molecular flexibility index (Phi) is 8.40. The molecule has 1 N–H and O–H groups in total. The minimum Gasteiger partial charge on any atom is -0.493 e. The lowest BCUT2D eigenvalue weighted by Gasteiger charge is -2.13. The van der Waals surface area contributed by atoms with Crippen LogP contribution in [0.3, 0.4) is 0 Å². The summed E-state index contributed by atoms with van der Waals surface area (Å²) in [5.74, 6) is 2.36.